The summed E-state index contributed by atoms with van der Waals surface area (Å²) in [5, 5.41) is 1.57. The number of pyridine rings is 1. The largest absolute Gasteiger partial charge is 0.242 e. The van der Waals surface area contributed by atoms with Crippen molar-refractivity contribution in [3.05, 3.63) is 35.4 Å². The van der Waals surface area contributed by atoms with Gasteiger partial charge in [0.1, 0.15) is 0 Å². The fourth-order valence-electron chi connectivity index (χ4n) is 1.19. The van der Waals surface area contributed by atoms with Gasteiger partial charge in [0.05, 0.1) is 5.52 Å². The van der Waals surface area contributed by atoms with Gasteiger partial charge in [-0.25, -0.2) is 9.78 Å². The maximum absolute atomic E-state index is 10.0. The minimum atomic E-state index is 0.342. The second-order valence-corrected chi connectivity index (χ2v) is 3.15. The van der Waals surface area contributed by atoms with Crippen molar-refractivity contribution in [2.24, 2.45) is 4.99 Å². The first-order valence-electron chi connectivity index (χ1n) is 3.94. The molecule has 0 saturated heterocycles. The minimum absolute atomic E-state index is 0.342. The van der Waals surface area contributed by atoms with Gasteiger partial charge in [-0.2, -0.15) is 0 Å². The standard InChI is InChI=1S/C10H5ClN2O/c11-8-3-1-7-2-4-10(12-6-14)13-9(7)5-8/h1-5H. The second-order valence-electron chi connectivity index (χ2n) is 2.71. The lowest BCUT2D eigenvalue weighted by atomic mass is 10.2. The van der Waals surface area contributed by atoms with Crippen LogP contribution < -0.4 is 0 Å². The van der Waals surface area contributed by atoms with Gasteiger partial charge in [0.15, 0.2) is 5.82 Å². The third-order valence-corrected chi connectivity index (χ3v) is 2.03. The van der Waals surface area contributed by atoms with Crippen LogP contribution in [0.15, 0.2) is 35.3 Å². The van der Waals surface area contributed by atoms with E-state index >= 15 is 0 Å². The summed E-state index contributed by atoms with van der Waals surface area (Å²) in [5.41, 5.74) is 0.717. The molecule has 0 aliphatic rings. The Kier molecular flexibility index (Phi) is 2.27. The molecule has 0 amide bonds. The van der Waals surface area contributed by atoms with Crippen molar-refractivity contribution in [2.45, 2.75) is 0 Å². The van der Waals surface area contributed by atoms with E-state index in [0.717, 1.165) is 5.39 Å². The summed E-state index contributed by atoms with van der Waals surface area (Å²) in [7, 11) is 0. The maximum atomic E-state index is 10.0. The van der Waals surface area contributed by atoms with Crippen molar-refractivity contribution in [3.8, 4) is 0 Å². The zero-order chi connectivity index (χ0) is 9.97. The van der Waals surface area contributed by atoms with Crippen molar-refractivity contribution < 1.29 is 4.79 Å². The van der Waals surface area contributed by atoms with Crippen LogP contribution in [0.4, 0.5) is 5.82 Å². The van der Waals surface area contributed by atoms with Crippen LogP contribution in [-0.4, -0.2) is 11.1 Å². The average molecular weight is 205 g/mol. The zero-order valence-corrected chi connectivity index (χ0v) is 7.82. The highest BCUT2D eigenvalue weighted by Gasteiger charge is 1.97. The molecule has 0 aliphatic carbocycles. The molecule has 0 bridgehead atoms. The summed E-state index contributed by atoms with van der Waals surface area (Å²) >= 11 is 5.80. The third kappa shape index (κ3) is 1.64. The number of aromatic nitrogens is 1. The molecule has 3 nitrogen and oxygen atoms in total. The lowest BCUT2D eigenvalue weighted by Crippen LogP contribution is -1.78. The summed E-state index contributed by atoms with van der Waals surface area (Å²) < 4.78 is 0. The van der Waals surface area contributed by atoms with E-state index in [2.05, 4.69) is 9.98 Å². The smallest absolute Gasteiger partial charge is 0.228 e. The van der Waals surface area contributed by atoms with Crippen LogP contribution in [0.2, 0.25) is 5.02 Å². The molecule has 0 saturated carbocycles. The molecule has 0 aliphatic heterocycles. The van der Waals surface area contributed by atoms with E-state index in [9.17, 15) is 4.79 Å². The maximum Gasteiger partial charge on any atom is 0.242 e. The van der Waals surface area contributed by atoms with Crippen molar-refractivity contribution in [2.75, 3.05) is 0 Å². The quantitative estimate of drug-likeness (QED) is 0.530. The van der Waals surface area contributed by atoms with E-state index in [1.807, 2.05) is 12.1 Å². The van der Waals surface area contributed by atoms with Crippen LogP contribution in [-0.2, 0) is 4.79 Å². The van der Waals surface area contributed by atoms with Crippen molar-refractivity contribution in [1.82, 2.24) is 4.98 Å². The molecule has 1 aromatic heterocycles. The number of rotatable bonds is 1. The first kappa shape index (κ1) is 8.88. The van der Waals surface area contributed by atoms with Crippen LogP contribution in [0.1, 0.15) is 0 Å². The summed E-state index contributed by atoms with van der Waals surface area (Å²) in [6.45, 7) is 0. The Morgan fingerprint density at radius 3 is 2.86 bits per heavy atom. The van der Waals surface area contributed by atoms with Crippen LogP contribution in [0, 0.1) is 0 Å². The number of isocyanates is 1. The zero-order valence-electron chi connectivity index (χ0n) is 7.07. The summed E-state index contributed by atoms with van der Waals surface area (Å²) in [4.78, 5) is 17.6. The molecule has 0 spiro atoms. The highest BCUT2D eigenvalue weighted by atomic mass is 35.5. The topological polar surface area (TPSA) is 42.3 Å². The predicted octanol–water partition coefficient (Wildman–Crippen LogP) is 2.86. The van der Waals surface area contributed by atoms with Gasteiger partial charge in [-0.3, -0.25) is 0 Å². The third-order valence-electron chi connectivity index (χ3n) is 1.80. The Morgan fingerprint density at radius 1 is 1.29 bits per heavy atom. The molecule has 0 radical (unpaired) electrons. The minimum Gasteiger partial charge on any atom is -0.228 e. The number of halogens is 1. The predicted molar refractivity (Wildman–Crippen MR) is 54.5 cm³/mol. The first-order chi connectivity index (χ1) is 6.79. The summed E-state index contributed by atoms with van der Waals surface area (Å²) in [6.07, 6.45) is 1.44. The van der Waals surface area contributed by atoms with Crippen LogP contribution in [0.25, 0.3) is 10.9 Å². The van der Waals surface area contributed by atoms with Gasteiger partial charge in [0.2, 0.25) is 6.08 Å². The number of hydrogen-bond acceptors (Lipinski definition) is 3. The number of aliphatic imine (C=N–C) groups is 1. The molecule has 14 heavy (non-hydrogen) atoms. The van der Waals surface area contributed by atoms with Gasteiger partial charge in [-0.15, -0.1) is 4.99 Å². The Bertz CT molecular complexity index is 533. The van der Waals surface area contributed by atoms with Gasteiger partial charge in [-0.1, -0.05) is 17.7 Å². The molecule has 0 N–H and O–H groups in total. The van der Waals surface area contributed by atoms with Gasteiger partial charge >= 0.3 is 0 Å². The van der Waals surface area contributed by atoms with Crippen molar-refractivity contribution in [1.29, 1.82) is 0 Å². The van der Waals surface area contributed by atoms with E-state index in [1.54, 1.807) is 18.2 Å². The lowest BCUT2D eigenvalue weighted by molar-refractivity contribution is 0.565. The average Bonchev–Trinajstić information content (AvgIpc) is 2.17. The van der Waals surface area contributed by atoms with E-state index in [1.165, 1.54) is 6.08 Å². The number of benzene rings is 1. The van der Waals surface area contributed by atoms with Gasteiger partial charge in [0, 0.05) is 10.4 Å². The fourth-order valence-corrected chi connectivity index (χ4v) is 1.35. The molecule has 2 rings (SSSR count). The molecular formula is C10H5ClN2O. The van der Waals surface area contributed by atoms with Crippen LogP contribution >= 0.6 is 11.6 Å². The molecule has 4 heteroatoms. The van der Waals surface area contributed by atoms with Crippen LogP contribution in [0.5, 0.6) is 0 Å². The molecule has 1 aromatic carbocycles. The highest BCUT2D eigenvalue weighted by Crippen LogP contribution is 2.20. The monoisotopic (exact) mass is 204 g/mol. The molecule has 1 heterocycles. The summed E-state index contributed by atoms with van der Waals surface area (Å²) in [5.74, 6) is 0.342. The Hall–Kier alpha value is -1.70. The molecular weight excluding hydrogens is 200 g/mol. The number of fused-ring (bicyclic) bond motifs is 1. The Morgan fingerprint density at radius 2 is 2.07 bits per heavy atom. The fraction of sp³-hybridized carbons (Fsp3) is 0. The highest BCUT2D eigenvalue weighted by molar-refractivity contribution is 6.31. The first-order valence-corrected chi connectivity index (χ1v) is 4.31. The Labute approximate surface area is 85.1 Å². The number of carbonyl (C=O) groups excluding carboxylic acids is 1. The lowest BCUT2D eigenvalue weighted by Gasteiger charge is -1.97. The number of hydrogen-bond donors (Lipinski definition) is 0. The summed E-state index contributed by atoms with van der Waals surface area (Å²) in [6, 6.07) is 8.85. The molecule has 0 atom stereocenters. The SMILES string of the molecule is O=C=Nc1ccc2ccc(Cl)cc2n1. The van der Waals surface area contributed by atoms with E-state index in [4.69, 9.17) is 11.6 Å². The van der Waals surface area contributed by atoms with Crippen LogP contribution in [0.3, 0.4) is 0 Å². The molecule has 68 valence electrons. The van der Waals surface area contributed by atoms with Gasteiger partial charge in [-0.05, 0) is 24.3 Å². The second kappa shape index (κ2) is 3.58. The van der Waals surface area contributed by atoms with Crippen molar-refractivity contribution >= 4 is 34.4 Å². The van der Waals surface area contributed by atoms with Gasteiger partial charge in [0.25, 0.3) is 0 Å². The molecule has 0 unspecified atom stereocenters. The number of nitrogens with zero attached hydrogens (tertiary/aromatic N) is 2. The van der Waals surface area contributed by atoms with E-state index in [-0.39, 0.29) is 0 Å². The van der Waals surface area contributed by atoms with E-state index in [0.29, 0.717) is 16.4 Å². The molecule has 2 aromatic rings. The van der Waals surface area contributed by atoms with Crippen molar-refractivity contribution in [3.63, 3.8) is 0 Å². The van der Waals surface area contributed by atoms with E-state index < -0.39 is 0 Å². The van der Waals surface area contributed by atoms with Gasteiger partial charge < -0.3 is 0 Å². The Balaban J connectivity index is 2.69. The molecule has 0 fully saturated rings. The normalized spacial score (nSPS) is 9.79.